The van der Waals surface area contributed by atoms with Crippen molar-refractivity contribution < 1.29 is 18.7 Å². The van der Waals surface area contributed by atoms with E-state index in [4.69, 9.17) is 13.9 Å². The van der Waals surface area contributed by atoms with E-state index >= 15 is 0 Å². The molecule has 0 heterocycles. The molecule has 1 aromatic carbocycles. The standard InChI is InChI=1S/C25H40O4Si/c1-9-14-22(29-30(7,8)25(4,5)6)17-18-24(26)28-20(3)23(10-2)27-19-21-15-12-11-13-16-21/h9-13,15-16,20,22-23H,1-2,14,17-19H2,3-8H3/t20-,22-,23-/m1/s1. The highest BCUT2D eigenvalue weighted by Crippen LogP contribution is 2.38. The molecule has 0 saturated heterocycles. The minimum Gasteiger partial charge on any atom is -0.460 e. The lowest BCUT2D eigenvalue weighted by molar-refractivity contribution is -0.155. The van der Waals surface area contributed by atoms with E-state index in [1.54, 1.807) is 6.08 Å². The molecule has 5 heteroatoms. The number of rotatable bonds is 13. The number of carbonyl (C=O) groups is 1. The minimum absolute atomic E-state index is 0.0178. The zero-order valence-corrected chi connectivity index (χ0v) is 20.6. The van der Waals surface area contributed by atoms with Crippen LogP contribution in [-0.4, -0.2) is 32.6 Å². The summed E-state index contributed by atoms with van der Waals surface area (Å²) in [6.45, 7) is 21.0. The first-order chi connectivity index (χ1) is 14.0. The van der Waals surface area contributed by atoms with E-state index < -0.39 is 14.4 Å². The maximum atomic E-state index is 12.4. The van der Waals surface area contributed by atoms with Gasteiger partial charge in [0.2, 0.25) is 0 Å². The number of benzene rings is 1. The predicted molar refractivity (Wildman–Crippen MR) is 127 cm³/mol. The maximum Gasteiger partial charge on any atom is 0.306 e. The number of ether oxygens (including phenoxy) is 2. The zero-order valence-electron chi connectivity index (χ0n) is 19.6. The Hall–Kier alpha value is -1.69. The fourth-order valence-corrected chi connectivity index (χ4v) is 4.18. The second-order valence-electron chi connectivity index (χ2n) is 9.26. The molecule has 1 rings (SSSR count). The van der Waals surface area contributed by atoms with Crippen LogP contribution in [0.1, 0.15) is 52.5 Å². The van der Waals surface area contributed by atoms with Gasteiger partial charge in [0, 0.05) is 12.5 Å². The normalized spacial score (nSPS) is 15.1. The van der Waals surface area contributed by atoms with Crippen molar-refractivity contribution in [3.05, 3.63) is 61.2 Å². The summed E-state index contributed by atoms with van der Waals surface area (Å²) in [6.07, 6.45) is 4.41. The first-order valence-corrected chi connectivity index (χ1v) is 13.7. The summed E-state index contributed by atoms with van der Waals surface area (Å²) in [5.41, 5.74) is 1.07. The van der Waals surface area contributed by atoms with Crippen LogP contribution in [0.3, 0.4) is 0 Å². The van der Waals surface area contributed by atoms with Gasteiger partial charge < -0.3 is 13.9 Å². The molecule has 0 bridgehead atoms. The van der Waals surface area contributed by atoms with E-state index in [2.05, 4.69) is 47.0 Å². The van der Waals surface area contributed by atoms with Crippen molar-refractivity contribution in [1.82, 2.24) is 0 Å². The van der Waals surface area contributed by atoms with Gasteiger partial charge in [-0.1, -0.05) is 63.3 Å². The summed E-state index contributed by atoms with van der Waals surface area (Å²) in [4.78, 5) is 12.4. The molecule has 1 aromatic rings. The van der Waals surface area contributed by atoms with Crippen LogP contribution in [0.5, 0.6) is 0 Å². The molecule has 0 radical (unpaired) electrons. The monoisotopic (exact) mass is 432 g/mol. The lowest BCUT2D eigenvalue weighted by Crippen LogP contribution is -2.44. The Morgan fingerprint density at radius 1 is 1.17 bits per heavy atom. The van der Waals surface area contributed by atoms with E-state index in [1.807, 2.05) is 43.3 Å². The van der Waals surface area contributed by atoms with E-state index in [-0.39, 0.29) is 23.2 Å². The van der Waals surface area contributed by atoms with Crippen molar-refractivity contribution in [2.24, 2.45) is 0 Å². The third kappa shape index (κ3) is 8.98. The lowest BCUT2D eigenvalue weighted by Gasteiger charge is -2.39. The van der Waals surface area contributed by atoms with Gasteiger partial charge in [0.25, 0.3) is 0 Å². The highest BCUT2D eigenvalue weighted by atomic mass is 28.4. The molecule has 0 spiro atoms. The molecule has 0 aliphatic heterocycles. The molecule has 0 fully saturated rings. The fraction of sp³-hybridized carbons (Fsp3) is 0.560. The number of hydrogen-bond donors (Lipinski definition) is 0. The Kier molecular flexibility index (Phi) is 10.7. The Morgan fingerprint density at radius 2 is 1.80 bits per heavy atom. The van der Waals surface area contributed by atoms with Gasteiger partial charge in [-0.15, -0.1) is 13.2 Å². The van der Waals surface area contributed by atoms with Crippen molar-refractivity contribution in [3.8, 4) is 0 Å². The summed E-state index contributed by atoms with van der Waals surface area (Å²) in [6, 6.07) is 9.90. The molecule has 0 N–H and O–H groups in total. The molecule has 30 heavy (non-hydrogen) atoms. The average Bonchev–Trinajstić information content (AvgIpc) is 2.66. The van der Waals surface area contributed by atoms with E-state index in [1.165, 1.54) is 0 Å². The molecule has 0 aliphatic carbocycles. The molecule has 0 aliphatic rings. The van der Waals surface area contributed by atoms with Crippen molar-refractivity contribution in [2.75, 3.05) is 0 Å². The van der Waals surface area contributed by atoms with Crippen LogP contribution in [0, 0.1) is 0 Å². The third-order valence-corrected chi connectivity index (χ3v) is 10.2. The molecule has 0 amide bonds. The molecular formula is C25H40O4Si. The van der Waals surface area contributed by atoms with Gasteiger partial charge in [-0.3, -0.25) is 4.79 Å². The van der Waals surface area contributed by atoms with Gasteiger partial charge in [0.1, 0.15) is 12.2 Å². The van der Waals surface area contributed by atoms with Crippen LogP contribution in [0.4, 0.5) is 0 Å². The Labute approximate surface area is 184 Å². The molecule has 168 valence electrons. The Balaban J connectivity index is 2.54. The summed E-state index contributed by atoms with van der Waals surface area (Å²) < 4.78 is 18.0. The second-order valence-corrected chi connectivity index (χ2v) is 14.0. The molecule has 0 unspecified atom stereocenters. The predicted octanol–water partition coefficient (Wildman–Crippen LogP) is 6.44. The summed E-state index contributed by atoms with van der Waals surface area (Å²) >= 11 is 0. The van der Waals surface area contributed by atoms with E-state index in [0.717, 1.165) is 12.0 Å². The van der Waals surface area contributed by atoms with Crippen molar-refractivity contribution >= 4 is 14.3 Å². The maximum absolute atomic E-state index is 12.4. The van der Waals surface area contributed by atoms with Gasteiger partial charge in [0.05, 0.1) is 6.61 Å². The third-order valence-electron chi connectivity index (χ3n) is 5.67. The summed E-state index contributed by atoms with van der Waals surface area (Å²) in [7, 11) is -1.91. The van der Waals surface area contributed by atoms with Crippen molar-refractivity contribution in [2.45, 2.75) is 90.0 Å². The Bertz CT molecular complexity index is 663. The Morgan fingerprint density at radius 3 is 2.33 bits per heavy atom. The lowest BCUT2D eigenvalue weighted by atomic mass is 10.1. The zero-order chi connectivity index (χ0) is 22.8. The van der Waals surface area contributed by atoms with Crippen molar-refractivity contribution in [3.63, 3.8) is 0 Å². The quantitative estimate of drug-likeness (QED) is 0.204. The smallest absolute Gasteiger partial charge is 0.306 e. The van der Waals surface area contributed by atoms with Crippen LogP contribution in [0.25, 0.3) is 0 Å². The van der Waals surface area contributed by atoms with Crippen LogP contribution >= 0.6 is 0 Å². The molecule has 3 atom stereocenters. The second kappa shape index (κ2) is 12.2. The first kappa shape index (κ1) is 26.3. The molecule has 0 aromatic heterocycles. The summed E-state index contributed by atoms with van der Waals surface area (Å²) in [5.74, 6) is -0.245. The number of carbonyl (C=O) groups excluding carboxylic acids is 1. The van der Waals surface area contributed by atoms with Crippen LogP contribution in [-0.2, 0) is 25.3 Å². The average molecular weight is 433 g/mol. The molecule has 0 saturated carbocycles. The van der Waals surface area contributed by atoms with Crippen LogP contribution in [0.15, 0.2) is 55.6 Å². The van der Waals surface area contributed by atoms with Gasteiger partial charge in [0.15, 0.2) is 8.32 Å². The van der Waals surface area contributed by atoms with Gasteiger partial charge in [-0.05, 0) is 43.5 Å². The van der Waals surface area contributed by atoms with Gasteiger partial charge in [-0.2, -0.15) is 0 Å². The summed E-state index contributed by atoms with van der Waals surface area (Å²) in [5, 5.41) is 0.120. The molecule has 4 nitrogen and oxygen atoms in total. The largest absolute Gasteiger partial charge is 0.460 e. The topological polar surface area (TPSA) is 44.8 Å². The SMILES string of the molecule is C=CC[C@H](CCC(=O)O[C@H](C)[C@@H](C=C)OCc1ccccc1)O[Si](C)(C)C(C)(C)C. The fourth-order valence-electron chi connectivity index (χ4n) is 2.78. The van der Waals surface area contributed by atoms with Gasteiger partial charge >= 0.3 is 5.97 Å². The number of esters is 1. The minimum atomic E-state index is -1.91. The van der Waals surface area contributed by atoms with Gasteiger partial charge in [-0.25, -0.2) is 0 Å². The highest BCUT2D eigenvalue weighted by molar-refractivity contribution is 6.74. The first-order valence-electron chi connectivity index (χ1n) is 10.8. The molecular weight excluding hydrogens is 392 g/mol. The van der Waals surface area contributed by atoms with E-state index in [9.17, 15) is 4.79 Å². The van der Waals surface area contributed by atoms with Crippen LogP contribution < -0.4 is 0 Å². The van der Waals surface area contributed by atoms with Crippen molar-refractivity contribution in [1.29, 1.82) is 0 Å². The highest BCUT2D eigenvalue weighted by Gasteiger charge is 2.39. The van der Waals surface area contributed by atoms with E-state index in [0.29, 0.717) is 19.4 Å². The number of hydrogen-bond acceptors (Lipinski definition) is 4. The van der Waals surface area contributed by atoms with Crippen LogP contribution in [0.2, 0.25) is 18.1 Å².